The fraction of sp³-hybridized carbons (Fsp3) is 0.250. The van der Waals surface area contributed by atoms with Crippen LogP contribution in [0.4, 0.5) is 11.4 Å². The number of nitrogens with two attached hydrogens (primary N) is 1. The second kappa shape index (κ2) is 5.35. The number of anilines is 1. The van der Waals surface area contributed by atoms with Gasteiger partial charge in [0.15, 0.2) is 0 Å². The maximum absolute atomic E-state index is 10.6. The number of nitrogens with zero attached hydrogens (tertiary/aromatic N) is 1. The van der Waals surface area contributed by atoms with Crippen molar-refractivity contribution in [3.63, 3.8) is 0 Å². The minimum absolute atomic E-state index is 0.0640. The Morgan fingerprint density at radius 1 is 1.60 bits per heavy atom. The first-order chi connectivity index (χ1) is 7.06. The van der Waals surface area contributed by atoms with Crippen LogP contribution in [0.15, 0.2) is 12.1 Å². The van der Waals surface area contributed by atoms with Gasteiger partial charge < -0.3 is 0 Å². The molecule has 0 aliphatic rings. The Balaban J connectivity index is 3.06. The topological polar surface area (TPSA) is 89.4 Å². The van der Waals surface area contributed by atoms with Crippen molar-refractivity contribution in [2.24, 2.45) is 0 Å². The molecule has 0 bridgehead atoms. The van der Waals surface area contributed by atoms with Crippen LogP contribution in [0, 0.1) is 10.1 Å². The van der Waals surface area contributed by atoms with Crippen molar-refractivity contribution in [3.8, 4) is 0 Å². The van der Waals surface area contributed by atoms with Gasteiger partial charge in [-0.25, -0.2) is 0 Å². The molecule has 0 spiro atoms. The Labute approximate surface area is 98.1 Å². The molecule has 1 rings (SSSR count). The van der Waals surface area contributed by atoms with E-state index in [1.165, 1.54) is 12.1 Å². The third-order valence-electron chi connectivity index (χ3n) is 1.67. The molecule has 0 atom stereocenters. The summed E-state index contributed by atoms with van der Waals surface area (Å²) >= 11 is 5.54. The Bertz CT molecular complexity index is 386. The van der Waals surface area contributed by atoms with E-state index in [9.17, 15) is 10.1 Å². The molecule has 7 heteroatoms. The van der Waals surface area contributed by atoms with Crippen molar-refractivity contribution in [2.75, 3.05) is 12.3 Å². The summed E-state index contributed by atoms with van der Waals surface area (Å²) < 4.78 is 0.725. The van der Waals surface area contributed by atoms with Crippen molar-refractivity contribution in [1.82, 2.24) is 0 Å². The molecule has 1 radical (unpaired) electrons. The van der Waals surface area contributed by atoms with E-state index in [2.05, 4.69) is 0 Å². The molecule has 0 saturated carbocycles. The van der Waals surface area contributed by atoms with Gasteiger partial charge in [-0.1, -0.05) is 0 Å². The predicted molar refractivity (Wildman–Crippen MR) is 59.8 cm³/mol. The minimum atomic E-state index is -0.533. The Kier molecular flexibility index (Phi) is 4.39. The number of halogens is 1. The Morgan fingerprint density at radius 3 is 2.80 bits per heavy atom. The zero-order valence-electron chi connectivity index (χ0n) is 7.68. The Morgan fingerprint density at radius 2 is 2.27 bits per heavy atom. The summed E-state index contributed by atoms with van der Waals surface area (Å²) in [6.45, 7) is 0.0640. The summed E-state index contributed by atoms with van der Waals surface area (Å²) in [7, 11) is 0. The van der Waals surface area contributed by atoms with Crippen LogP contribution in [0.25, 0.3) is 0 Å². The number of nitro groups is 1. The van der Waals surface area contributed by atoms with E-state index >= 15 is 0 Å². The van der Waals surface area contributed by atoms with Crippen LogP contribution in [-0.2, 0) is 0 Å². The van der Waals surface area contributed by atoms with Gasteiger partial charge in [-0.2, -0.15) is 0 Å². The number of aliphatic hydroxyl groups excluding tert-OH is 1. The second-order valence-corrected chi connectivity index (χ2v) is 5.74. The van der Waals surface area contributed by atoms with Gasteiger partial charge in [0.05, 0.1) is 0 Å². The van der Waals surface area contributed by atoms with Crippen molar-refractivity contribution in [2.45, 2.75) is 5.21 Å². The third-order valence-corrected chi connectivity index (χ3v) is 4.65. The van der Waals surface area contributed by atoms with Crippen LogP contribution in [0.1, 0.15) is 0 Å². The van der Waals surface area contributed by atoms with Gasteiger partial charge in [-0.15, -0.1) is 0 Å². The first-order valence-corrected chi connectivity index (χ1v) is 6.72. The normalized spacial score (nSPS) is 11.1. The zero-order chi connectivity index (χ0) is 11.4. The summed E-state index contributed by atoms with van der Waals surface area (Å²) in [4.78, 5) is 10.1. The van der Waals surface area contributed by atoms with Gasteiger partial charge in [0.25, 0.3) is 0 Å². The number of hydrogen-bond acceptors (Lipinski definition) is 4. The predicted octanol–water partition coefficient (Wildman–Crippen LogP) is 0.571. The van der Waals surface area contributed by atoms with Gasteiger partial charge in [-0.3, -0.25) is 0 Å². The summed E-state index contributed by atoms with van der Waals surface area (Å²) in [5, 5.41) is 20.3. The third kappa shape index (κ3) is 3.09. The van der Waals surface area contributed by atoms with Gasteiger partial charge in [0.2, 0.25) is 0 Å². The fourth-order valence-electron chi connectivity index (χ4n) is 1.02. The van der Waals surface area contributed by atoms with Crippen LogP contribution in [-0.4, -0.2) is 32.4 Å². The SMILES string of the molecule is Nc1cc(Cl)c([As]CCO)cc1[N+](=O)[O-]. The number of hydrogen-bond donors (Lipinski definition) is 2. The van der Waals surface area contributed by atoms with E-state index < -0.39 is 4.92 Å². The van der Waals surface area contributed by atoms with Gasteiger partial charge >= 0.3 is 97.9 Å². The van der Waals surface area contributed by atoms with Crippen LogP contribution in [0.2, 0.25) is 10.2 Å². The molecule has 0 heterocycles. The average molecular weight is 292 g/mol. The summed E-state index contributed by atoms with van der Waals surface area (Å²) in [6, 6.07) is 2.79. The van der Waals surface area contributed by atoms with Crippen LogP contribution < -0.4 is 10.1 Å². The van der Waals surface area contributed by atoms with E-state index in [-0.39, 0.29) is 33.7 Å². The zero-order valence-corrected chi connectivity index (χ0v) is 10.3. The molecule has 0 aliphatic heterocycles. The maximum atomic E-state index is 10.6. The van der Waals surface area contributed by atoms with Crippen molar-refractivity contribution >= 4 is 43.1 Å². The van der Waals surface area contributed by atoms with E-state index in [1.54, 1.807) is 0 Å². The second-order valence-electron chi connectivity index (χ2n) is 2.72. The van der Waals surface area contributed by atoms with Gasteiger partial charge in [0.1, 0.15) is 0 Å². The first kappa shape index (κ1) is 12.3. The molecule has 15 heavy (non-hydrogen) atoms. The monoisotopic (exact) mass is 291 g/mol. The van der Waals surface area contributed by atoms with Crippen molar-refractivity contribution in [1.29, 1.82) is 0 Å². The van der Waals surface area contributed by atoms with E-state index in [4.69, 9.17) is 22.4 Å². The van der Waals surface area contributed by atoms with Crippen molar-refractivity contribution in [3.05, 3.63) is 27.3 Å². The molecule has 0 fully saturated rings. The summed E-state index contributed by atoms with van der Waals surface area (Å²) in [5.41, 5.74) is 5.40. The first-order valence-electron chi connectivity index (χ1n) is 4.08. The molecule has 1 aromatic rings. The number of rotatable bonds is 4. The van der Waals surface area contributed by atoms with Crippen LogP contribution in [0.3, 0.4) is 0 Å². The van der Waals surface area contributed by atoms with Crippen LogP contribution >= 0.6 is 11.6 Å². The summed E-state index contributed by atoms with van der Waals surface area (Å²) in [5.74, 6) is 0. The molecule has 1 aromatic carbocycles. The van der Waals surface area contributed by atoms with Crippen molar-refractivity contribution < 1.29 is 10.0 Å². The molecular formula is C8H9AsClN2O3. The quantitative estimate of drug-likeness (QED) is 0.367. The summed E-state index contributed by atoms with van der Waals surface area (Å²) in [6.07, 6.45) is 0. The van der Waals surface area contributed by atoms with E-state index in [0.29, 0.717) is 10.2 Å². The van der Waals surface area contributed by atoms with Gasteiger partial charge in [-0.05, 0) is 0 Å². The van der Waals surface area contributed by atoms with Gasteiger partial charge in [0, 0.05) is 0 Å². The molecule has 0 saturated heterocycles. The molecule has 3 N–H and O–H groups in total. The number of nitrogen functional groups attached to an aromatic ring is 1. The number of benzene rings is 1. The molecule has 81 valence electrons. The fourth-order valence-corrected chi connectivity index (χ4v) is 3.11. The molecule has 0 amide bonds. The number of nitro benzene ring substituents is 1. The molecule has 0 aliphatic carbocycles. The van der Waals surface area contributed by atoms with E-state index in [1.807, 2.05) is 0 Å². The standard InChI is InChI=1S/C8H9AsClN2O3/c10-6-4-7(11)8(12(14)15)3-5(6)9-1-2-13/h3-4,13H,1-2,11H2. The van der Waals surface area contributed by atoms with Crippen LogP contribution in [0.5, 0.6) is 0 Å². The van der Waals surface area contributed by atoms with E-state index in [0.717, 1.165) is 4.35 Å². The Hall–Kier alpha value is -0.772. The average Bonchev–Trinajstić information content (AvgIpc) is 2.16. The number of aliphatic hydroxyl groups is 1. The molecule has 5 nitrogen and oxygen atoms in total. The molecule has 0 aromatic heterocycles. The molecular weight excluding hydrogens is 282 g/mol. The molecule has 0 unspecified atom stereocenters.